The molecule has 108 valence electrons. The molecule has 0 aromatic rings. The van der Waals surface area contributed by atoms with E-state index in [1.54, 1.807) is 0 Å². The summed E-state index contributed by atoms with van der Waals surface area (Å²) in [7, 11) is -9.84. The van der Waals surface area contributed by atoms with Gasteiger partial charge in [-0.25, -0.2) is 4.79 Å². The van der Waals surface area contributed by atoms with Gasteiger partial charge in [0.05, 0.1) is 13.2 Å². The minimum absolute atomic E-state index is 0. The van der Waals surface area contributed by atoms with E-state index in [0.29, 0.717) is 0 Å². The van der Waals surface area contributed by atoms with Crippen LogP contribution in [0.15, 0.2) is 0 Å². The molecule has 0 amide bonds. The third kappa shape index (κ3) is 23.2. The first-order chi connectivity index (χ1) is 7.99. The van der Waals surface area contributed by atoms with Gasteiger partial charge in [-0.15, -0.1) is 0 Å². The molecule has 0 aliphatic heterocycles. The Morgan fingerprint density at radius 3 is 1.36 bits per heavy atom. The second-order valence-corrected chi connectivity index (χ2v) is 5.36. The summed E-state index contributed by atoms with van der Waals surface area (Å²) in [6.45, 7) is 2.49. The van der Waals surface area contributed by atoms with Crippen LogP contribution in [0.1, 0.15) is 13.8 Å². The van der Waals surface area contributed by atoms with E-state index in [4.69, 9.17) is 0 Å². The first kappa shape index (κ1) is 40.1. The normalized spacial score (nSPS) is 11.3. The third-order valence-electron chi connectivity index (χ3n) is 1.01. The van der Waals surface area contributed by atoms with Crippen molar-refractivity contribution in [1.29, 1.82) is 0 Å². The van der Waals surface area contributed by atoms with Crippen LogP contribution in [0.4, 0.5) is 9.59 Å². The van der Waals surface area contributed by atoms with Gasteiger partial charge >= 0.3 is 124 Å². The van der Waals surface area contributed by atoms with Crippen LogP contribution in [0.3, 0.4) is 0 Å². The molecule has 0 aromatic carbocycles. The Bertz CT molecular complexity index is 386. The summed E-state index contributed by atoms with van der Waals surface area (Å²) in [6, 6.07) is 0. The Morgan fingerprint density at radius 2 is 1.27 bits per heavy atom. The third-order valence-corrected chi connectivity index (χ3v) is 2.64. The summed E-state index contributed by atoms with van der Waals surface area (Å²) in [5.74, 6) is 0. The van der Waals surface area contributed by atoms with Gasteiger partial charge in [0.25, 0.3) is 0 Å². The van der Waals surface area contributed by atoms with E-state index in [1.165, 1.54) is 13.8 Å². The molecule has 0 radical (unpaired) electrons. The number of carboxylic acid groups (broad SMARTS) is 1. The van der Waals surface area contributed by atoms with Crippen molar-refractivity contribution in [2.24, 2.45) is 0 Å². The largest absolute Gasteiger partial charge is 1.00 e. The molecule has 10 nitrogen and oxygen atoms in total. The number of ether oxygens (including phenoxy) is 1. The molecule has 1 atom stereocenters. The van der Waals surface area contributed by atoms with Crippen LogP contribution in [0.5, 0.6) is 0 Å². The van der Waals surface area contributed by atoms with Gasteiger partial charge in [-0.05, 0) is 13.8 Å². The molecule has 0 saturated carbocycles. The maximum Gasteiger partial charge on any atom is 1.00 e. The molecular formula is C6H10Na4O10P2. The van der Waals surface area contributed by atoms with Crippen molar-refractivity contribution in [2.75, 3.05) is 13.2 Å². The van der Waals surface area contributed by atoms with Crippen molar-refractivity contribution >= 4 is 26.6 Å². The van der Waals surface area contributed by atoms with E-state index >= 15 is 0 Å². The number of carbonyl (C=O) groups is 2. The van der Waals surface area contributed by atoms with Crippen LogP contribution in [-0.4, -0.2) is 24.6 Å². The number of hydrogen-bond donors (Lipinski definition) is 0. The first-order valence-electron chi connectivity index (χ1n) is 4.35. The molecule has 0 N–H and O–H groups in total. The van der Waals surface area contributed by atoms with Crippen LogP contribution in [0.25, 0.3) is 0 Å². The summed E-state index contributed by atoms with van der Waals surface area (Å²) in [5, 5.41) is 9.60. The maximum atomic E-state index is 10.1. The fourth-order valence-corrected chi connectivity index (χ4v) is 1.16. The van der Waals surface area contributed by atoms with Crippen molar-refractivity contribution in [1.82, 2.24) is 0 Å². The summed E-state index contributed by atoms with van der Waals surface area (Å²) < 4.78 is 27.5. The first-order valence-corrected chi connectivity index (χ1v) is 7.44. The van der Waals surface area contributed by atoms with Crippen LogP contribution >= 0.6 is 15.2 Å². The average Bonchev–Trinajstić information content (AvgIpc) is 2.17. The fourth-order valence-electron chi connectivity index (χ4n) is 0.425. The summed E-state index contributed by atoms with van der Waals surface area (Å²) >= 11 is 0. The van der Waals surface area contributed by atoms with Gasteiger partial charge in [-0.3, -0.25) is 0 Å². The standard InChI is InChI=1S/2C3H7O5P.4Na/c1-2-8-3(4)9(5,6)7;1-2-8-9(6,7)3(4)5;;;;/h2H2,1H3,(H2,5,6,7);2H2,1H3,(H,4,5)(H,6,7);;;;/q;;4*+1/p-4. The van der Waals surface area contributed by atoms with E-state index in [2.05, 4.69) is 9.26 Å². The van der Waals surface area contributed by atoms with Gasteiger partial charge in [-0.2, -0.15) is 0 Å². The average molecular weight is 396 g/mol. The zero-order chi connectivity index (χ0) is 15.0. The molecule has 0 spiro atoms. The van der Waals surface area contributed by atoms with Gasteiger partial charge in [0.2, 0.25) is 0 Å². The molecule has 22 heavy (non-hydrogen) atoms. The van der Waals surface area contributed by atoms with Crippen LogP contribution in [0, 0.1) is 0 Å². The van der Waals surface area contributed by atoms with Crippen molar-refractivity contribution in [3.63, 3.8) is 0 Å². The minimum Gasteiger partial charge on any atom is -0.803 e. The molecule has 16 heteroatoms. The van der Waals surface area contributed by atoms with E-state index in [0.717, 1.165) is 0 Å². The predicted octanol–water partition coefficient (Wildman–Crippen LogP) is -14.0. The molecular weight excluding hydrogens is 386 g/mol. The van der Waals surface area contributed by atoms with Gasteiger partial charge in [0.1, 0.15) is 5.71 Å². The van der Waals surface area contributed by atoms with Crippen molar-refractivity contribution < 1.29 is 166 Å². The van der Waals surface area contributed by atoms with E-state index in [-0.39, 0.29) is 131 Å². The van der Waals surface area contributed by atoms with Crippen LogP contribution < -0.4 is 138 Å². The van der Waals surface area contributed by atoms with Crippen LogP contribution in [0.2, 0.25) is 0 Å². The van der Waals surface area contributed by atoms with E-state index in [9.17, 15) is 38.5 Å². The number of carbonyl (C=O) groups excluding carboxylic acids is 2. The molecule has 0 bridgehead atoms. The van der Waals surface area contributed by atoms with Crippen molar-refractivity contribution in [3.8, 4) is 0 Å². The Hall–Kier alpha value is 3.24. The number of rotatable bonds is 5. The Labute approximate surface area is 216 Å². The van der Waals surface area contributed by atoms with E-state index in [1.807, 2.05) is 0 Å². The predicted molar refractivity (Wildman–Crippen MR) is 49.3 cm³/mol. The molecule has 1 unspecified atom stereocenters. The second kappa shape index (κ2) is 20.6. The topological polar surface area (TPSA) is 179 Å². The Kier molecular flexibility index (Phi) is 37.4. The SMILES string of the molecule is CCOC(=O)P(=O)([O-])[O-].CCOP(=O)([O-])C(=O)[O-].[Na+].[Na+].[Na+].[Na+]. The smallest absolute Gasteiger partial charge is 0.803 e. The minimum atomic E-state index is -5.13. The van der Waals surface area contributed by atoms with Gasteiger partial charge in [-0.1, -0.05) is 0 Å². The molecule has 0 fully saturated rings. The van der Waals surface area contributed by atoms with Gasteiger partial charge in [0, 0.05) is 7.60 Å². The second-order valence-electron chi connectivity index (χ2n) is 2.38. The summed E-state index contributed by atoms with van der Waals surface area (Å²) in [6.07, 6.45) is 0. The molecule has 0 aliphatic carbocycles. The van der Waals surface area contributed by atoms with Gasteiger partial charge < -0.3 is 43.0 Å². The quantitative estimate of drug-likeness (QED) is 0.320. The summed E-state index contributed by atoms with van der Waals surface area (Å²) in [5.41, 5.74) is -3.87. The molecule has 0 aromatic heterocycles. The molecule has 0 aliphatic rings. The maximum absolute atomic E-state index is 10.1. The van der Waals surface area contributed by atoms with Crippen LogP contribution in [-0.2, 0) is 18.4 Å². The molecule has 0 saturated heterocycles. The zero-order valence-corrected chi connectivity index (χ0v) is 23.2. The zero-order valence-electron chi connectivity index (χ0n) is 13.4. The monoisotopic (exact) mass is 396 g/mol. The van der Waals surface area contributed by atoms with Crippen molar-refractivity contribution in [3.05, 3.63) is 0 Å². The number of hydrogen-bond acceptors (Lipinski definition) is 10. The Balaban J connectivity index is -0.0000000492. The molecule has 0 heterocycles. The van der Waals surface area contributed by atoms with E-state index < -0.39 is 26.6 Å². The Morgan fingerprint density at radius 1 is 0.909 bits per heavy atom. The summed E-state index contributed by atoms with van der Waals surface area (Å²) in [4.78, 5) is 49.1. The fraction of sp³-hybridized carbons (Fsp3) is 0.667. The van der Waals surface area contributed by atoms with Crippen molar-refractivity contribution in [2.45, 2.75) is 13.8 Å². The molecule has 0 rings (SSSR count). The van der Waals surface area contributed by atoms with Gasteiger partial charge in [0.15, 0.2) is 7.60 Å².